The van der Waals surface area contributed by atoms with Crippen molar-refractivity contribution in [2.45, 2.75) is 13.0 Å². The van der Waals surface area contributed by atoms with Gasteiger partial charge in [-0.2, -0.15) is 5.26 Å². The molecule has 0 bridgehead atoms. The fraction of sp³-hybridized carbons (Fsp3) is 0.235. The summed E-state index contributed by atoms with van der Waals surface area (Å²) in [6, 6.07) is 19.5. The van der Waals surface area contributed by atoms with Crippen molar-refractivity contribution in [2.75, 3.05) is 6.54 Å². The zero-order chi connectivity index (χ0) is 14.4. The van der Waals surface area contributed by atoms with Gasteiger partial charge in [-0.1, -0.05) is 42.5 Å². The highest BCUT2D eigenvalue weighted by atomic mass is 16.3. The predicted octanol–water partition coefficient (Wildman–Crippen LogP) is 3.23. The van der Waals surface area contributed by atoms with Gasteiger partial charge in [0.05, 0.1) is 18.0 Å². The molecule has 20 heavy (non-hydrogen) atoms. The Morgan fingerprint density at radius 1 is 1.05 bits per heavy atom. The van der Waals surface area contributed by atoms with E-state index in [4.69, 9.17) is 5.26 Å². The lowest BCUT2D eigenvalue weighted by atomic mass is 9.98. The topological polar surface area (TPSA) is 56.0 Å². The van der Waals surface area contributed by atoms with Gasteiger partial charge in [0.2, 0.25) is 0 Å². The Labute approximate surface area is 119 Å². The van der Waals surface area contributed by atoms with Crippen LogP contribution in [0.5, 0.6) is 5.75 Å². The molecule has 2 unspecified atom stereocenters. The first-order valence-electron chi connectivity index (χ1n) is 6.67. The highest BCUT2D eigenvalue weighted by Gasteiger charge is 2.14. The second kappa shape index (κ2) is 6.74. The molecule has 3 nitrogen and oxygen atoms in total. The molecule has 2 N–H and O–H groups in total. The first kappa shape index (κ1) is 14.1. The van der Waals surface area contributed by atoms with Crippen LogP contribution < -0.4 is 5.32 Å². The molecule has 0 saturated carbocycles. The van der Waals surface area contributed by atoms with Gasteiger partial charge >= 0.3 is 0 Å². The maximum absolute atomic E-state index is 9.40. The summed E-state index contributed by atoms with van der Waals surface area (Å²) >= 11 is 0. The highest BCUT2D eigenvalue weighted by Crippen LogP contribution is 2.23. The Balaban J connectivity index is 2.25. The Morgan fingerprint density at radius 2 is 1.65 bits per heavy atom. The van der Waals surface area contributed by atoms with E-state index in [2.05, 4.69) is 23.5 Å². The van der Waals surface area contributed by atoms with E-state index in [1.807, 2.05) is 37.3 Å². The number of nitriles is 1. The summed E-state index contributed by atoms with van der Waals surface area (Å²) < 4.78 is 0. The van der Waals surface area contributed by atoms with Crippen molar-refractivity contribution >= 4 is 0 Å². The quantitative estimate of drug-likeness (QED) is 0.873. The minimum absolute atomic E-state index is 0.0209. The molecular weight excluding hydrogens is 248 g/mol. The number of rotatable bonds is 5. The SMILES string of the molecule is CC(C#N)CNC(c1ccccc1)c1ccc(O)cc1. The minimum Gasteiger partial charge on any atom is -0.508 e. The smallest absolute Gasteiger partial charge is 0.115 e. The lowest BCUT2D eigenvalue weighted by Crippen LogP contribution is -2.26. The van der Waals surface area contributed by atoms with Gasteiger partial charge < -0.3 is 10.4 Å². The Kier molecular flexibility index (Phi) is 4.75. The third-order valence-electron chi connectivity index (χ3n) is 3.21. The lowest BCUT2D eigenvalue weighted by Gasteiger charge is -2.20. The number of benzene rings is 2. The zero-order valence-corrected chi connectivity index (χ0v) is 11.5. The summed E-state index contributed by atoms with van der Waals surface area (Å²) in [7, 11) is 0. The first-order chi connectivity index (χ1) is 9.70. The second-order valence-corrected chi connectivity index (χ2v) is 4.87. The van der Waals surface area contributed by atoms with Gasteiger partial charge in [-0.05, 0) is 30.2 Å². The maximum atomic E-state index is 9.40. The van der Waals surface area contributed by atoms with E-state index in [9.17, 15) is 5.11 Å². The van der Waals surface area contributed by atoms with Gasteiger partial charge in [0, 0.05) is 6.54 Å². The minimum atomic E-state index is -0.0432. The Bertz CT molecular complexity index is 572. The second-order valence-electron chi connectivity index (χ2n) is 4.87. The largest absolute Gasteiger partial charge is 0.508 e. The van der Waals surface area contributed by atoms with Crippen molar-refractivity contribution < 1.29 is 5.11 Å². The predicted molar refractivity (Wildman–Crippen MR) is 79.2 cm³/mol. The molecule has 2 rings (SSSR count). The van der Waals surface area contributed by atoms with E-state index in [1.54, 1.807) is 12.1 Å². The number of hydrogen-bond acceptors (Lipinski definition) is 3. The molecule has 2 atom stereocenters. The van der Waals surface area contributed by atoms with Crippen LogP contribution in [0.2, 0.25) is 0 Å². The van der Waals surface area contributed by atoms with Crippen LogP contribution in [0.3, 0.4) is 0 Å². The molecule has 3 heteroatoms. The summed E-state index contributed by atoms with van der Waals surface area (Å²) in [4.78, 5) is 0. The molecule has 2 aromatic rings. The third-order valence-corrected chi connectivity index (χ3v) is 3.21. The first-order valence-corrected chi connectivity index (χ1v) is 6.67. The van der Waals surface area contributed by atoms with Crippen molar-refractivity contribution in [1.82, 2.24) is 5.32 Å². The van der Waals surface area contributed by atoms with Crippen molar-refractivity contribution in [3.63, 3.8) is 0 Å². The van der Waals surface area contributed by atoms with E-state index >= 15 is 0 Å². The summed E-state index contributed by atoms with van der Waals surface area (Å²) in [5.41, 5.74) is 2.21. The van der Waals surface area contributed by atoms with Crippen molar-refractivity contribution in [2.24, 2.45) is 5.92 Å². The van der Waals surface area contributed by atoms with Crippen LogP contribution >= 0.6 is 0 Å². The summed E-state index contributed by atoms with van der Waals surface area (Å²) in [5, 5.41) is 21.7. The van der Waals surface area contributed by atoms with Crippen LogP contribution in [0.1, 0.15) is 24.1 Å². The van der Waals surface area contributed by atoms with Gasteiger partial charge in [-0.3, -0.25) is 0 Å². The molecule has 0 aliphatic rings. The molecule has 2 aromatic carbocycles. The third kappa shape index (κ3) is 3.59. The fourth-order valence-electron chi connectivity index (χ4n) is 2.08. The van der Waals surface area contributed by atoms with E-state index < -0.39 is 0 Å². The van der Waals surface area contributed by atoms with Crippen LogP contribution in [-0.2, 0) is 0 Å². The molecular formula is C17H18N2O. The molecule has 102 valence electrons. The van der Waals surface area contributed by atoms with Crippen LogP contribution in [0.15, 0.2) is 54.6 Å². The van der Waals surface area contributed by atoms with Gasteiger partial charge in [0.1, 0.15) is 5.75 Å². The Hall–Kier alpha value is -2.31. The van der Waals surface area contributed by atoms with Gasteiger partial charge in [0.15, 0.2) is 0 Å². The van der Waals surface area contributed by atoms with E-state index in [0.29, 0.717) is 6.54 Å². The average Bonchev–Trinajstić information content (AvgIpc) is 2.50. The number of nitrogens with one attached hydrogen (secondary N) is 1. The summed E-state index contributed by atoms with van der Waals surface area (Å²) in [6.07, 6.45) is 0. The van der Waals surface area contributed by atoms with Crippen molar-refractivity contribution in [3.05, 3.63) is 65.7 Å². The molecule has 0 aliphatic carbocycles. The van der Waals surface area contributed by atoms with Gasteiger partial charge in [-0.15, -0.1) is 0 Å². The number of hydrogen-bond donors (Lipinski definition) is 2. The zero-order valence-electron chi connectivity index (χ0n) is 11.5. The number of nitrogens with zero attached hydrogens (tertiary/aromatic N) is 1. The Morgan fingerprint density at radius 3 is 2.25 bits per heavy atom. The van der Waals surface area contributed by atoms with Crippen molar-refractivity contribution in [3.8, 4) is 11.8 Å². The number of aromatic hydroxyl groups is 1. The van der Waals surface area contributed by atoms with Crippen LogP contribution in [0, 0.1) is 17.2 Å². The van der Waals surface area contributed by atoms with Crippen LogP contribution in [0.4, 0.5) is 0 Å². The molecule has 0 amide bonds. The normalized spacial score (nSPS) is 13.4. The molecule has 0 heterocycles. The summed E-state index contributed by atoms with van der Waals surface area (Å²) in [5.74, 6) is 0.212. The maximum Gasteiger partial charge on any atom is 0.115 e. The molecule has 0 radical (unpaired) electrons. The van der Waals surface area contributed by atoms with E-state index in [1.165, 1.54) is 0 Å². The van der Waals surface area contributed by atoms with E-state index in [0.717, 1.165) is 11.1 Å². The standard InChI is InChI=1S/C17H18N2O/c1-13(11-18)12-19-17(14-5-3-2-4-6-14)15-7-9-16(20)10-8-15/h2-10,13,17,19-20H,12H2,1H3. The summed E-state index contributed by atoms with van der Waals surface area (Å²) in [6.45, 7) is 2.52. The fourth-order valence-corrected chi connectivity index (χ4v) is 2.08. The van der Waals surface area contributed by atoms with E-state index in [-0.39, 0.29) is 17.7 Å². The van der Waals surface area contributed by atoms with Gasteiger partial charge in [0.25, 0.3) is 0 Å². The number of phenols is 1. The van der Waals surface area contributed by atoms with Gasteiger partial charge in [-0.25, -0.2) is 0 Å². The highest BCUT2D eigenvalue weighted by molar-refractivity contribution is 5.35. The monoisotopic (exact) mass is 266 g/mol. The molecule has 0 saturated heterocycles. The number of phenolic OH excluding ortho intramolecular Hbond substituents is 1. The lowest BCUT2D eigenvalue weighted by molar-refractivity contribution is 0.474. The van der Waals surface area contributed by atoms with Crippen LogP contribution in [0.25, 0.3) is 0 Å². The van der Waals surface area contributed by atoms with Crippen LogP contribution in [-0.4, -0.2) is 11.7 Å². The molecule has 0 spiro atoms. The molecule has 0 aliphatic heterocycles. The molecule has 0 aromatic heterocycles. The molecule has 0 fully saturated rings. The average molecular weight is 266 g/mol. The van der Waals surface area contributed by atoms with Crippen molar-refractivity contribution in [1.29, 1.82) is 5.26 Å².